The molecular weight excluding hydrogens is 270 g/mol. The fraction of sp³-hybridized carbons (Fsp3) is 0.167. The van der Waals surface area contributed by atoms with Crippen molar-refractivity contribution in [3.63, 3.8) is 0 Å². The van der Waals surface area contributed by atoms with Gasteiger partial charge >= 0.3 is 0 Å². The lowest BCUT2D eigenvalue weighted by Crippen LogP contribution is -1.87. The zero-order chi connectivity index (χ0) is 12.3. The van der Waals surface area contributed by atoms with Crippen LogP contribution in [0.15, 0.2) is 39.9 Å². The van der Waals surface area contributed by atoms with Crippen LogP contribution in [0.1, 0.15) is 5.56 Å². The van der Waals surface area contributed by atoms with Gasteiger partial charge in [0.05, 0.1) is 0 Å². The number of carbonyl (C=O) groups excluding carboxylic acids is 1. The first kappa shape index (κ1) is 12.8. The van der Waals surface area contributed by atoms with Gasteiger partial charge in [0.15, 0.2) is 0 Å². The second kappa shape index (κ2) is 5.80. The molecule has 0 fully saturated rings. The van der Waals surface area contributed by atoms with Crippen LogP contribution in [0, 0.1) is 0 Å². The number of carbonyl (C=O) groups is 1. The van der Waals surface area contributed by atoms with E-state index in [2.05, 4.69) is 4.99 Å². The second-order valence-corrected chi connectivity index (χ2v) is 6.17. The van der Waals surface area contributed by atoms with Crippen LogP contribution in [0.3, 0.4) is 0 Å². The third-order valence-electron chi connectivity index (χ3n) is 2.19. The van der Waals surface area contributed by atoms with Crippen molar-refractivity contribution in [2.75, 3.05) is 12.5 Å². The van der Waals surface area contributed by atoms with E-state index in [4.69, 9.17) is 0 Å². The van der Waals surface area contributed by atoms with Gasteiger partial charge in [0, 0.05) is 4.90 Å². The smallest absolute Gasteiger partial charge is 0.244 e. The van der Waals surface area contributed by atoms with Crippen LogP contribution in [0.4, 0.5) is 0 Å². The summed E-state index contributed by atoms with van der Waals surface area (Å²) in [5.41, 5.74) is 1.55. The minimum atomic E-state index is 0.0308. The summed E-state index contributed by atoms with van der Waals surface area (Å²) in [6.07, 6.45) is 5.80. The van der Waals surface area contributed by atoms with Gasteiger partial charge in [-0.25, -0.2) is 4.99 Å². The van der Waals surface area contributed by atoms with E-state index < -0.39 is 0 Å². The topological polar surface area (TPSA) is 29.4 Å². The first-order valence-electron chi connectivity index (χ1n) is 4.93. The maximum absolute atomic E-state index is 11.6. The molecule has 1 aliphatic rings. The van der Waals surface area contributed by atoms with E-state index in [1.54, 1.807) is 11.8 Å². The largest absolute Gasteiger partial charge is 0.279 e. The molecule has 2 rings (SSSR count). The van der Waals surface area contributed by atoms with Gasteiger partial charge in [0.25, 0.3) is 0 Å². The minimum Gasteiger partial charge on any atom is -0.279 e. The first-order chi connectivity index (χ1) is 8.22. The van der Waals surface area contributed by atoms with Gasteiger partial charge in [0.1, 0.15) is 10.1 Å². The van der Waals surface area contributed by atoms with Crippen molar-refractivity contribution in [1.29, 1.82) is 0 Å². The number of hydrogen-bond acceptors (Lipinski definition) is 5. The van der Waals surface area contributed by atoms with E-state index in [-0.39, 0.29) is 5.12 Å². The Bertz CT molecular complexity index is 491. The molecule has 0 amide bonds. The van der Waals surface area contributed by atoms with Crippen molar-refractivity contribution in [3.8, 4) is 0 Å². The summed E-state index contributed by atoms with van der Waals surface area (Å²) in [6.45, 7) is 0. The Morgan fingerprint density at radius 1 is 1.18 bits per heavy atom. The van der Waals surface area contributed by atoms with Crippen LogP contribution in [-0.4, -0.2) is 22.0 Å². The molecule has 0 unspecified atom stereocenters. The van der Waals surface area contributed by atoms with Gasteiger partial charge in [-0.15, -0.1) is 23.5 Å². The van der Waals surface area contributed by atoms with Crippen LogP contribution in [-0.2, 0) is 4.79 Å². The third kappa shape index (κ3) is 3.18. The lowest BCUT2D eigenvalue weighted by atomic mass is 10.2. The van der Waals surface area contributed by atoms with Crippen LogP contribution in [0.5, 0.6) is 0 Å². The van der Waals surface area contributed by atoms with Crippen LogP contribution in [0.2, 0.25) is 0 Å². The van der Waals surface area contributed by atoms with Crippen molar-refractivity contribution < 1.29 is 4.79 Å². The molecule has 1 aromatic carbocycles. The Kier molecular flexibility index (Phi) is 4.36. The lowest BCUT2D eigenvalue weighted by molar-refractivity contribution is -0.107. The van der Waals surface area contributed by atoms with Gasteiger partial charge < -0.3 is 0 Å². The average Bonchev–Trinajstić information content (AvgIpc) is 2.71. The van der Waals surface area contributed by atoms with E-state index in [9.17, 15) is 4.79 Å². The Balaban J connectivity index is 2.23. The number of benzene rings is 1. The molecule has 5 heteroatoms. The average molecular weight is 281 g/mol. The van der Waals surface area contributed by atoms with Crippen LogP contribution in [0.25, 0.3) is 6.08 Å². The van der Waals surface area contributed by atoms with E-state index in [0.717, 1.165) is 9.94 Å². The molecule has 1 aromatic rings. The Morgan fingerprint density at radius 3 is 2.41 bits per heavy atom. The van der Waals surface area contributed by atoms with Crippen molar-refractivity contribution in [1.82, 2.24) is 0 Å². The number of hydrogen-bond donors (Lipinski definition) is 0. The summed E-state index contributed by atoms with van der Waals surface area (Å²) in [6, 6.07) is 8.10. The van der Waals surface area contributed by atoms with Gasteiger partial charge in [-0.1, -0.05) is 12.1 Å². The SMILES string of the molecule is CSC1=N/C(=C/c2ccc(SC)cc2)C(=O)S1. The highest BCUT2D eigenvalue weighted by molar-refractivity contribution is 8.45. The third-order valence-corrected chi connectivity index (χ3v) is 4.79. The van der Waals surface area contributed by atoms with Gasteiger partial charge in [-0.2, -0.15) is 0 Å². The molecule has 0 saturated carbocycles. The van der Waals surface area contributed by atoms with Gasteiger partial charge in [-0.3, -0.25) is 4.79 Å². The summed E-state index contributed by atoms with van der Waals surface area (Å²) in [5, 5.41) is 0.0308. The molecule has 88 valence electrons. The number of thioether (sulfide) groups is 3. The second-order valence-electron chi connectivity index (χ2n) is 3.27. The van der Waals surface area contributed by atoms with Crippen molar-refractivity contribution in [2.45, 2.75) is 4.90 Å². The number of aliphatic imine (C=N–C) groups is 1. The highest BCUT2D eigenvalue weighted by Crippen LogP contribution is 2.29. The Labute approximate surface area is 113 Å². The van der Waals surface area contributed by atoms with Crippen molar-refractivity contribution in [2.24, 2.45) is 4.99 Å². The summed E-state index contributed by atoms with van der Waals surface area (Å²) >= 11 is 4.41. The zero-order valence-electron chi connectivity index (χ0n) is 9.47. The molecule has 2 nitrogen and oxygen atoms in total. The minimum absolute atomic E-state index is 0.0308. The van der Waals surface area contributed by atoms with E-state index in [0.29, 0.717) is 5.70 Å². The van der Waals surface area contributed by atoms with Crippen LogP contribution >= 0.6 is 35.3 Å². The van der Waals surface area contributed by atoms with Crippen molar-refractivity contribution in [3.05, 3.63) is 35.5 Å². The molecule has 0 saturated heterocycles. The molecule has 17 heavy (non-hydrogen) atoms. The standard InChI is InChI=1S/C12H11NOS3/c1-15-9-5-3-8(4-6-9)7-10-11(14)17-12(13-10)16-2/h3-7H,1-2H3/b10-7+. The molecular formula is C12H11NOS3. The van der Waals surface area contributed by atoms with Crippen molar-refractivity contribution >= 4 is 50.9 Å². The Morgan fingerprint density at radius 2 is 1.88 bits per heavy atom. The van der Waals surface area contributed by atoms with Crippen LogP contribution < -0.4 is 0 Å². The highest BCUT2D eigenvalue weighted by Gasteiger charge is 2.21. The molecule has 0 N–H and O–H groups in total. The molecule has 1 heterocycles. The summed E-state index contributed by atoms with van der Waals surface area (Å²) < 4.78 is 0.821. The lowest BCUT2D eigenvalue weighted by Gasteiger charge is -1.97. The first-order valence-corrected chi connectivity index (χ1v) is 8.20. The molecule has 0 atom stereocenters. The van der Waals surface area contributed by atoms with Gasteiger partial charge in [-0.05, 0) is 48.0 Å². The van der Waals surface area contributed by atoms with Gasteiger partial charge in [0.2, 0.25) is 5.12 Å². The number of rotatable bonds is 2. The molecule has 0 spiro atoms. The summed E-state index contributed by atoms with van der Waals surface area (Å²) in [7, 11) is 0. The fourth-order valence-electron chi connectivity index (χ4n) is 1.33. The quantitative estimate of drug-likeness (QED) is 0.610. The number of nitrogens with zero attached hydrogens (tertiary/aromatic N) is 1. The molecule has 0 radical (unpaired) electrons. The van der Waals surface area contributed by atoms with E-state index in [1.807, 2.05) is 42.9 Å². The molecule has 0 bridgehead atoms. The normalized spacial score (nSPS) is 17.6. The predicted octanol–water partition coefficient (Wildman–Crippen LogP) is 3.74. The van der Waals surface area contributed by atoms with E-state index >= 15 is 0 Å². The van der Waals surface area contributed by atoms with E-state index in [1.165, 1.54) is 28.4 Å². The zero-order valence-corrected chi connectivity index (χ0v) is 11.9. The molecule has 0 aromatic heterocycles. The predicted molar refractivity (Wildman–Crippen MR) is 79.7 cm³/mol. The molecule has 0 aliphatic carbocycles. The monoisotopic (exact) mass is 281 g/mol. The summed E-state index contributed by atoms with van der Waals surface area (Å²) in [4.78, 5) is 17.1. The summed E-state index contributed by atoms with van der Waals surface area (Å²) in [5.74, 6) is 0. The fourth-order valence-corrected chi connectivity index (χ4v) is 3.00. The maximum atomic E-state index is 11.6. The Hall–Kier alpha value is -0.650. The highest BCUT2D eigenvalue weighted by atomic mass is 32.2. The maximum Gasteiger partial charge on any atom is 0.244 e. The molecule has 1 aliphatic heterocycles.